The van der Waals surface area contributed by atoms with Crippen molar-refractivity contribution < 1.29 is 32.9 Å². The quantitative estimate of drug-likeness (QED) is 0.0272. The summed E-state index contributed by atoms with van der Waals surface area (Å²) in [6.07, 6.45) is 74.3. The van der Waals surface area contributed by atoms with Gasteiger partial charge >= 0.3 is 0 Å². The number of nitrogens with zero attached hydrogens (tertiary/aromatic N) is 1. The number of unbranched alkanes of at least 4 members (excludes halogenated alkanes) is 47. The maximum Gasteiger partial charge on any atom is 0.268 e. The highest BCUT2D eigenvalue weighted by Crippen LogP contribution is 2.38. The number of phosphoric ester groups is 1. The van der Waals surface area contributed by atoms with Crippen molar-refractivity contribution in [3.8, 4) is 0 Å². The zero-order valence-electron chi connectivity index (χ0n) is 51.0. The van der Waals surface area contributed by atoms with Crippen LogP contribution in [0.15, 0.2) is 24.3 Å². The first-order chi connectivity index (χ1) is 36.5. The van der Waals surface area contributed by atoms with E-state index in [0.29, 0.717) is 17.4 Å². The Kier molecular flexibility index (Phi) is 56.9. The zero-order valence-corrected chi connectivity index (χ0v) is 51.9. The van der Waals surface area contributed by atoms with Crippen LogP contribution in [0.3, 0.4) is 0 Å². The second kappa shape index (κ2) is 57.7. The number of hydrogen-bond acceptors (Lipinski definition) is 6. The van der Waals surface area contributed by atoms with Crippen LogP contribution in [0.1, 0.15) is 341 Å². The summed E-state index contributed by atoms with van der Waals surface area (Å²) in [5, 5.41) is 13.9. The monoisotopic (exact) mass is 1080 g/mol. The molecule has 0 aliphatic heterocycles. The number of amides is 1. The Bertz CT molecular complexity index is 1270. The van der Waals surface area contributed by atoms with Crippen molar-refractivity contribution in [2.75, 3.05) is 40.9 Å². The topological polar surface area (TPSA) is 108 Å². The Morgan fingerprint density at radius 2 is 0.733 bits per heavy atom. The van der Waals surface area contributed by atoms with E-state index in [-0.39, 0.29) is 19.1 Å². The summed E-state index contributed by atoms with van der Waals surface area (Å²) >= 11 is 0. The number of rotatable bonds is 62. The van der Waals surface area contributed by atoms with E-state index in [9.17, 15) is 19.4 Å². The molecule has 446 valence electrons. The van der Waals surface area contributed by atoms with Crippen LogP contribution < -0.4 is 10.2 Å². The molecule has 0 aliphatic rings. The van der Waals surface area contributed by atoms with Gasteiger partial charge in [0.05, 0.1) is 39.9 Å². The molecule has 0 bridgehead atoms. The van der Waals surface area contributed by atoms with Crippen LogP contribution in [0, 0.1) is 0 Å². The van der Waals surface area contributed by atoms with Gasteiger partial charge in [-0.2, -0.15) is 0 Å². The Balaban J connectivity index is 4.08. The van der Waals surface area contributed by atoms with E-state index in [4.69, 9.17) is 9.05 Å². The SMILES string of the molecule is CCCCCCCCCCCCCC/C=C\CCCCCCCCCCCCCCCC(=O)NC(COP(=O)([O-])OCC[N+](C)(C)C)C(O)/C=C/CCCCCCCCCCCCCCCCCCCCCCCC. The average Bonchev–Trinajstić information content (AvgIpc) is 3.37. The van der Waals surface area contributed by atoms with Crippen LogP contribution in [-0.2, 0) is 18.4 Å². The fraction of sp³-hybridized carbons (Fsp3) is 0.924. The van der Waals surface area contributed by atoms with Crippen molar-refractivity contribution in [3.63, 3.8) is 0 Å². The van der Waals surface area contributed by atoms with Crippen LogP contribution in [0.5, 0.6) is 0 Å². The molecule has 3 atom stereocenters. The molecular formula is C66H131N2O6P. The van der Waals surface area contributed by atoms with E-state index in [1.54, 1.807) is 6.08 Å². The molecular weight excluding hydrogens is 948 g/mol. The molecule has 0 saturated carbocycles. The summed E-state index contributed by atoms with van der Waals surface area (Å²) in [6, 6.07) is -0.886. The van der Waals surface area contributed by atoms with E-state index < -0.39 is 20.0 Å². The maximum absolute atomic E-state index is 13.0. The number of quaternary nitrogens is 1. The molecule has 9 heteroatoms. The standard InChI is InChI=1S/C66H131N2O6P/c1-6-8-10-12-14-16-18-20-22-24-26-28-30-32-33-34-35-36-38-40-42-44-46-48-50-52-54-56-58-60-66(70)67-64(63-74-75(71,72)73-62-61-68(3,4)5)65(69)59-57-55-53-51-49-47-45-43-41-39-37-31-29-27-25-23-21-19-17-15-13-11-9-7-2/h32-33,57,59,64-65,69H,6-31,34-56,58,60-63H2,1-5H3,(H-,67,70,71,72)/b33-32-,59-57+. The molecule has 0 heterocycles. The molecule has 0 aromatic rings. The summed E-state index contributed by atoms with van der Waals surface area (Å²) in [7, 11) is 1.28. The van der Waals surface area contributed by atoms with Crippen LogP contribution in [-0.4, -0.2) is 68.5 Å². The lowest BCUT2D eigenvalue weighted by atomic mass is 10.0. The second-order valence-corrected chi connectivity index (χ2v) is 25.6. The van der Waals surface area contributed by atoms with Gasteiger partial charge in [-0.05, 0) is 44.9 Å². The minimum absolute atomic E-state index is 0.00127. The average molecular weight is 1080 g/mol. The van der Waals surface area contributed by atoms with Gasteiger partial charge in [0.25, 0.3) is 7.82 Å². The smallest absolute Gasteiger partial charge is 0.268 e. The number of nitrogens with one attached hydrogen (secondary N) is 1. The van der Waals surface area contributed by atoms with Crippen LogP contribution in [0.25, 0.3) is 0 Å². The number of allylic oxidation sites excluding steroid dienone is 3. The first kappa shape index (κ1) is 74.0. The van der Waals surface area contributed by atoms with Gasteiger partial charge in [0.2, 0.25) is 5.91 Å². The highest BCUT2D eigenvalue weighted by molar-refractivity contribution is 7.45. The third-order valence-electron chi connectivity index (χ3n) is 15.4. The molecule has 8 nitrogen and oxygen atoms in total. The molecule has 75 heavy (non-hydrogen) atoms. The Labute approximate surface area is 468 Å². The molecule has 0 aromatic heterocycles. The van der Waals surface area contributed by atoms with Crippen molar-refractivity contribution in [1.82, 2.24) is 5.32 Å². The number of phosphoric acid groups is 1. The van der Waals surface area contributed by atoms with Crippen molar-refractivity contribution in [2.45, 2.75) is 353 Å². The zero-order chi connectivity index (χ0) is 54.9. The van der Waals surface area contributed by atoms with Gasteiger partial charge in [-0.3, -0.25) is 9.36 Å². The fourth-order valence-corrected chi connectivity index (χ4v) is 10.9. The highest BCUT2D eigenvalue weighted by Gasteiger charge is 2.23. The number of aliphatic hydroxyl groups is 1. The fourth-order valence-electron chi connectivity index (χ4n) is 10.2. The van der Waals surface area contributed by atoms with Crippen molar-refractivity contribution in [1.29, 1.82) is 0 Å². The molecule has 0 radical (unpaired) electrons. The Morgan fingerprint density at radius 3 is 1.04 bits per heavy atom. The third-order valence-corrected chi connectivity index (χ3v) is 16.4. The van der Waals surface area contributed by atoms with Crippen LogP contribution in [0.2, 0.25) is 0 Å². The number of carbonyl (C=O) groups is 1. The molecule has 0 aliphatic carbocycles. The van der Waals surface area contributed by atoms with Crippen LogP contribution >= 0.6 is 7.82 Å². The number of carbonyl (C=O) groups excluding carboxylic acids is 1. The summed E-state index contributed by atoms with van der Waals surface area (Å²) in [6.45, 7) is 4.71. The maximum atomic E-state index is 13.0. The summed E-state index contributed by atoms with van der Waals surface area (Å²) in [5.74, 6) is -0.191. The van der Waals surface area contributed by atoms with E-state index in [1.807, 2.05) is 27.2 Å². The second-order valence-electron chi connectivity index (χ2n) is 24.2. The summed E-state index contributed by atoms with van der Waals surface area (Å²) < 4.78 is 23.4. The van der Waals surface area contributed by atoms with E-state index >= 15 is 0 Å². The molecule has 0 rings (SSSR count). The summed E-state index contributed by atoms with van der Waals surface area (Å²) in [4.78, 5) is 25.6. The molecule has 2 N–H and O–H groups in total. The van der Waals surface area contributed by atoms with Gasteiger partial charge in [-0.15, -0.1) is 0 Å². The van der Waals surface area contributed by atoms with E-state index in [0.717, 1.165) is 38.5 Å². The predicted molar refractivity (Wildman–Crippen MR) is 325 cm³/mol. The molecule has 0 saturated heterocycles. The minimum atomic E-state index is -4.60. The molecule has 0 aromatic carbocycles. The molecule has 1 amide bonds. The van der Waals surface area contributed by atoms with Crippen molar-refractivity contribution in [2.24, 2.45) is 0 Å². The summed E-state index contributed by atoms with van der Waals surface area (Å²) in [5.41, 5.74) is 0. The number of likely N-dealkylation sites (N-methyl/N-ethyl adjacent to an activating group) is 1. The lowest BCUT2D eigenvalue weighted by Gasteiger charge is -2.29. The van der Waals surface area contributed by atoms with Gasteiger partial charge in [0.15, 0.2) is 0 Å². The third kappa shape index (κ3) is 60.5. The highest BCUT2D eigenvalue weighted by atomic mass is 31.2. The van der Waals surface area contributed by atoms with E-state index in [1.165, 1.54) is 283 Å². The van der Waals surface area contributed by atoms with Gasteiger partial charge < -0.3 is 28.8 Å². The predicted octanol–water partition coefficient (Wildman–Crippen LogP) is 20.1. The van der Waals surface area contributed by atoms with Gasteiger partial charge in [0.1, 0.15) is 13.2 Å². The van der Waals surface area contributed by atoms with Crippen molar-refractivity contribution >= 4 is 13.7 Å². The lowest BCUT2D eigenvalue weighted by Crippen LogP contribution is -2.45. The van der Waals surface area contributed by atoms with Gasteiger partial charge in [-0.1, -0.05) is 314 Å². The van der Waals surface area contributed by atoms with Crippen LogP contribution in [0.4, 0.5) is 0 Å². The Morgan fingerprint density at radius 1 is 0.453 bits per heavy atom. The minimum Gasteiger partial charge on any atom is -0.756 e. The number of hydrogen-bond donors (Lipinski definition) is 2. The van der Waals surface area contributed by atoms with Gasteiger partial charge in [0, 0.05) is 6.42 Å². The first-order valence-corrected chi connectivity index (χ1v) is 34.7. The molecule has 0 fully saturated rings. The van der Waals surface area contributed by atoms with Gasteiger partial charge in [-0.25, -0.2) is 0 Å². The molecule has 0 spiro atoms. The number of aliphatic hydroxyl groups excluding tert-OH is 1. The van der Waals surface area contributed by atoms with Crippen molar-refractivity contribution in [3.05, 3.63) is 24.3 Å². The largest absolute Gasteiger partial charge is 0.756 e. The Hall–Kier alpha value is -1.02. The van der Waals surface area contributed by atoms with E-state index in [2.05, 4.69) is 31.3 Å². The molecule has 3 unspecified atom stereocenters. The normalized spacial score (nSPS) is 13.9. The first-order valence-electron chi connectivity index (χ1n) is 33.2. The lowest BCUT2D eigenvalue weighted by molar-refractivity contribution is -0.870.